The molecular weight excluding hydrogens is 648 g/mol. The van der Waals surface area contributed by atoms with Crippen molar-refractivity contribution in [2.75, 3.05) is 25.0 Å². The number of hydrogen-bond acceptors (Lipinski definition) is 7. The molecule has 1 fully saturated rings. The Balaban J connectivity index is 1.32. The fourth-order valence-electron chi connectivity index (χ4n) is 6.17. The number of allylic oxidation sites excluding steroid dienone is 4. The van der Waals surface area contributed by atoms with Crippen LogP contribution in [0.3, 0.4) is 0 Å². The zero-order chi connectivity index (χ0) is 36.6. The lowest BCUT2D eigenvalue weighted by Crippen LogP contribution is -2.59. The first kappa shape index (κ1) is 37.3. The van der Waals surface area contributed by atoms with Gasteiger partial charge < -0.3 is 34.9 Å². The van der Waals surface area contributed by atoms with Gasteiger partial charge in [0.2, 0.25) is 17.7 Å². The highest BCUT2D eigenvalue weighted by Gasteiger charge is 2.35. The standard InChI is InChI=1S/C39H50N6O6/c1-38(2,3)51-37(49)43-39(4,5)36(48)42-31(25-50-24-28-16-10-7-11-17-28)34(46)41-29-18-19-32-30(23-29)40-26-45(32)33(22-27-14-8-6-9-15-27)35(47)44-20-12-13-21-44/h6-11,14,16-19,23,26-27,31,33H,12-13,15,20-22,24-25H2,1-5H3,(H,41,46)(H,42,48)(H,43,49)/t27?,31-,33?/m1/s1. The molecule has 3 aromatic rings. The number of ether oxygens (including phenoxy) is 2. The molecule has 0 spiro atoms. The number of aromatic nitrogens is 2. The van der Waals surface area contributed by atoms with Gasteiger partial charge in [-0.05, 0) is 90.0 Å². The van der Waals surface area contributed by atoms with Crippen LogP contribution in [0, 0.1) is 5.92 Å². The van der Waals surface area contributed by atoms with E-state index >= 15 is 0 Å². The number of hydrogen-bond donors (Lipinski definition) is 3. The van der Waals surface area contributed by atoms with Gasteiger partial charge in [0.25, 0.3) is 0 Å². The number of likely N-dealkylation sites (tertiary alicyclic amines) is 1. The maximum absolute atomic E-state index is 13.8. The topological polar surface area (TPSA) is 144 Å². The molecule has 3 N–H and O–H groups in total. The van der Waals surface area contributed by atoms with Crippen molar-refractivity contribution in [3.8, 4) is 0 Å². The second kappa shape index (κ2) is 16.4. The Morgan fingerprint density at radius 2 is 1.73 bits per heavy atom. The predicted octanol–water partition coefficient (Wildman–Crippen LogP) is 5.67. The number of anilines is 1. The Morgan fingerprint density at radius 1 is 0.980 bits per heavy atom. The molecule has 2 aliphatic rings. The number of nitrogens with zero attached hydrogens (tertiary/aromatic N) is 3. The molecule has 1 aliphatic heterocycles. The van der Waals surface area contributed by atoms with Crippen LogP contribution in [0.1, 0.15) is 71.9 Å². The lowest BCUT2D eigenvalue weighted by molar-refractivity contribution is -0.134. The van der Waals surface area contributed by atoms with Gasteiger partial charge in [-0.25, -0.2) is 9.78 Å². The van der Waals surface area contributed by atoms with E-state index in [4.69, 9.17) is 9.47 Å². The van der Waals surface area contributed by atoms with Crippen molar-refractivity contribution >= 4 is 40.5 Å². The number of carbonyl (C=O) groups excluding carboxylic acids is 4. The summed E-state index contributed by atoms with van der Waals surface area (Å²) in [6.07, 6.45) is 12.9. The monoisotopic (exact) mass is 698 g/mol. The van der Waals surface area contributed by atoms with E-state index in [1.165, 1.54) is 13.8 Å². The third-order valence-corrected chi connectivity index (χ3v) is 8.88. The SMILES string of the molecule is CC(C)(C)OC(=O)NC(C)(C)C(=O)N[C@H](COCc1ccccc1)C(=O)Nc1ccc2c(c1)ncn2C(CC1C=CC=CC1)C(=O)N1CCCC1. The summed E-state index contributed by atoms with van der Waals surface area (Å²) in [6, 6.07) is 13.3. The van der Waals surface area contributed by atoms with Crippen LogP contribution in [-0.4, -0.2) is 75.1 Å². The van der Waals surface area contributed by atoms with Gasteiger partial charge in [0.1, 0.15) is 23.2 Å². The molecule has 1 saturated heterocycles. The molecule has 12 nitrogen and oxygen atoms in total. The van der Waals surface area contributed by atoms with E-state index < -0.39 is 41.1 Å². The summed E-state index contributed by atoms with van der Waals surface area (Å²) < 4.78 is 13.2. The summed E-state index contributed by atoms with van der Waals surface area (Å²) in [5.41, 5.74) is 0.623. The lowest BCUT2D eigenvalue weighted by Gasteiger charge is -2.29. The average molecular weight is 699 g/mol. The normalized spacial score (nSPS) is 17.2. The molecule has 2 unspecified atom stereocenters. The van der Waals surface area contributed by atoms with Crippen molar-refractivity contribution in [1.82, 2.24) is 25.1 Å². The molecule has 51 heavy (non-hydrogen) atoms. The molecule has 1 aromatic heterocycles. The van der Waals surface area contributed by atoms with Gasteiger partial charge in [0, 0.05) is 18.8 Å². The number of alkyl carbamates (subject to hydrolysis) is 1. The van der Waals surface area contributed by atoms with Crippen LogP contribution in [0.15, 0.2) is 79.2 Å². The average Bonchev–Trinajstić information content (AvgIpc) is 3.77. The van der Waals surface area contributed by atoms with Crippen LogP contribution in [0.5, 0.6) is 0 Å². The number of nitrogens with one attached hydrogen (secondary N) is 3. The third kappa shape index (κ3) is 10.3. The fraction of sp³-hybridized carbons (Fsp3) is 0.462. The van der Waals surface area contributed by atoms with Crippen molar-refractivity contribution in [1.29, 1.82) is 0 Å². The Morgan fingerprint density at radius 3 is 2.41 bits per heavy atom. The van der Waals surface area contributed by atoms with Gasteiger partial charge in [-0.2, -0.15) is 0 Å². The Kier molecular flexibility index (Phi) is 12.0. The van der Waals surface area contributed by atoms with Crippen LogP contribution < -0.4 is 16.0 Å². The van der Waals surface area contributed by atoms with Gasteiger partial charge in [0.05, 0.1) is 30.6 Å². The largest absolute Gasteiger partial charge is 0.444 e. The second-order valence-electron chi connectivity index (χ2n) is 14.7. The molecule has 2 aromatic carbocycles. The maximum atomic E-state index is 13.8. The maximum Gasteiger partial charge on any atom is 0.408 e. The molecular formula is C39H50N6O6. The van der Waals surface area contributed by atoms with E-state index in [2.05, 4.69) is 33.1 Å². The zero-order valence-electron chi connectivity index (χ0n) is 30.2. The number of imidazole rings is 1. The highest BCUT2D eigenvalue weighted by molar-refractivity contribution is 6.00. The van der Waals surface area contributed by atoms with E-state index in [9.17, 15) is 19.2 Å². The molecule has 12 heteroatoms. The smallest absolute Gasteiger partial charge is 0.408 e. The van der Waals surface area contributed by atoms with Gasteiger partial charge in [0.15, 0.2) is 0 Å². The van der Waals surface area contributed by atoms with Gasteiger partial charge >= 0.3 is 6.09 Å². The molecule has 5 rings (SSSR count). The van der Waals surface area contributed by atoms with Crippen molar-refractivity contribution in [3.05, 3.63) is 84.7 Å². The number of carbonyl (C=O) groups is 4. The fourth-order valence-corrected chi connectivity index (χ4v) is 6.17. The van der Waals surface area contributed by atoms with Gasteiger partial charge in [-0.15, -0.1) is 0 Å². The van der Waals surface area contributed by atoms with E-state index in [1.54, 1.807) is 39.2 Å². The van der Waals surface area contributed by atoms with Crippen LogP contribution in [-0.2, 0) is 30.5 Å². The summed E-state index contributed by atoms with van der Waals surface area (Å²) in [5.74, 6) is -0.765. The molecule has 2 heterocycles. The highest BCUT2D eigenvalue weighted by Crippen LogP contribution is 2.30. The molecule has 272 valence electrons. The molecule has 4 amide bonds. The predicted molar refractivity (Wildman–Crippen MR) is 196 cm³/mol. The third-order valence-electron chi connectivity index (χ3n) is 8.88. The van der Waals surface area contributed by atoms with Crippen LogP contribution in [0.25, 0.3) is 11.0 Å². The van der Waals surface area contributed by atoms with Crippen molar-refractivity contribution in [2.24, 2.45) is 5.92 Å². The first-order chi connectivity index (χ1) is 24.3. The van der Waals surface area contributed by atoms with Crippen molar-refractivity contribution in [3.63, 3.8) is 0 Å². The number of rotatable bonds is 13. The first-order valence-electron chi connectivity index (χ1n) is 17.6. The molecule has 1 aliphatic carbocycles. The molecule has 0 saturated carbocycles. The summed E-state index contributed by atoms with van der Waals surface area (Å²) in [4.78, 5) is 60.0. The Labute approximate surface area is 299 Å². The van der Waals surface area contributed by atoms with E-state index in [1.807, 2.05) is 58.0 Å². The molecule has 0 radical (unpaired) electrons. The second-order valence-corrected chi connectivity index (χ2v) is 14.7. The summed E-state index contributed by atoms with van der Waals surface area (Å²) in [6.45, 7) is 9.87. The number of fused-ring (bicyclic) bond motifs is 1. The number of amides is 4. The first-order valence-corrected chi connectivity index (χ1v) is 17.6. The summed E-state index contributed by atoms with van der Waals surface area (Å²) in [7, 11) is 0. The minimum absolute atomic E-state index is 0.102. The van der Waals surface area contributed by atoms with Crippen LogP contribution in [0.4, 0.5) is 10.5 Å². The van der Waals surface area contributed by atoms with Crippen LogP contribution in [0.2, 0.25) is 0 Å². The minimum Gasteiger partial charge on any atom is -0.444 e. The van der Waals surface area contributed by atoms with Gasteiger partial charge in [-0.3, -0.25) is 14.4 Å². The van der Waals surface area contributed by atoms with Gasteiger partial charge in [-0.1, -0.05) is 54.6 Å². The Hall–Kier alpha value is -4.97. The quantitative estimate of drug-likeness (QED) is 0.209. The zero-order valence-corrected chi connectivity index (χ0v) is 30.2. The lowest BCUT2D eigenvalue weighted by atomic mass is 9.92. The number of benzene rings is 2. The molecule has 3 atom stereocenters. The van der Waals surface area contributed by atoms with E-state index in [0.29, 0.717) is 17.6 Å². The molecule has 0 bridgehead atoms. The summed E-state index contributed by atoms with van der Waals surface area (Å²) in [5, 5.41) is 8.22. The Bertz CT molecular complexity index is 1750. The minimum atomic E-state index is -1.40. The summed E-state index contributed by atoms with van der Waals surface area (Å²) >= 11 is 0. The van der Waals surface area contributed by atoms with Crippen molar-refractivity contribution in [2.45, 2.75) is 90.1 Å². The van der Waals surface area contributed by atoms with E-state index in [-0.39, 0.29) is 25.0 Å². The van der Waals surface area contributed by atoms with Crippen LogP contribution >= 0.6 is 0 Å². The highest BCUT2D eigenvalue weighted by atomic mass is 16.6. The van der Waals surface area contributed by atoms with Crippen molar-refractivity contribution < 1.29 is 28.7 Å². The van der Waals surface area contributed by atoms with E-state index in [0.717, 1.165) is 43.4 Å².